The van der Waals surface area contributed by atoms with Crippen LogP contribution in [0, 0.1) is 5.82 Å². The van der Waals surface area contributed by atoms with Crippen LogP contribution in [-0.4, -0.2) is 38.6 Å². The molecule has 5 rings (SSSR count). The fraction of sp³-hybridized carbons (Fsp3) is 0.212. The van der Waals surface area contributed by atoms with Gasteiger partial charge in [-0.15, -0.1) is 0 Å². The Morgan fingerprint density at radius 3 is 2.33 bits per heavy atom. The topological polar surface area (TPSA) is 109 Å². The SMILES string of the molecule is CC(C)(C)OC(=O)NC(CCc1ccccc1)C(=O)Nc1ccc2c(-c3ccncc3)c(-c3ccc(F)cc3)[nH]c2n1. The number of halogens is 1. The number of aromatic nitrogens is 3. The number of rotatable bonds is 8. The van der Waals surface area contributed by atoms with Gasteiger partial charge in [-0.1, -0.05) is 30.3 Å². The van der Waals surface area contributed by atoms with Crippen LogP contribution in [0.15, 0.2) is 91.3 Å². The number of carbonyl (C=O) groups is 2. The van der Waals surface area contributed by atoms with Crippen molar-refractivity contribution in [3.8, 4) is 22.4 Å². The van der Waals surface area contributed by atoms with Gasteiger partial charge in [-0.3, -0.25) is 9.78 Å². The number of nitrogens with zero attached hydrogens (tertiary/aromatic N) is 2. The van der Waals surface area contributed by atoms with Crippen molar-refractivity contribution in [2.75, 3.05) is 5.32 Å². The maximum Gasteiger partial charge on any atom is 0.408 e. The lowest BCUT2D eigenvalue weighted by Crippen LogP contribution is -2.46. The van der Waals surface area contributed by atoms with Crippen LogP contribution in [0.2, 0.25) is 0 Å². The first kappa shape index (κ1) is 28.5. The van der Waals surface area contributed by atoms with E-state index in [2.05, 4.69) is 25.6 Å². The maximum absolute atomic E-state index is 13.7. The summed E-state index contributed by atoms with van der Waals surface area (Å²) in [6.07, 6.45) is 3.68. The van der Waals surface area contributed by atoms with E-state index in [1.807, 2.05) is 48.5 Å². The van der Waals surface area contributed by atoms with Crippen LogP contribution in [0.5, 0.6) is 0 Å². The second-order valence-electron chi connectivity index (χ2n) is 10.9. The number of hydrogen-bond donors (Lipinski definition) is 3. The van der Waals surface area contributed by atoms with Crippen molar-refractivity contribution >= 4 is 28.9 Å². The van der Waals surface area contributed by atoms with Gasteiger partial charge in [0.25, 0.3) is 0 Å². The first-order valence-electron chi connectivity index (χ1n) is 13.7. The Kier molecular flexibility index (Phi) is 8.28. The van der Waals surface area contributed by atoms with Crippen LogP contribution in [0.1, 0.15) is 32.8 Å². The van der Waals surface area contributed by atoms with Crippen molar-refractivity contribution in [2.45, 2.75) is 45.3 Å². The molecule has 9 heteroatoms. The molecule has 2 aromatic carbocycles. The third-order valence-corrected chi connectivity index (χ3v) is 6.58. The number of ether oxygens (including phenoxy) is 1. The molecule has 3 heterocycles. The Morgan fingerprint density at radius 1 is 0.929 bits per heavy atom. The number of fused-ring (bicyclic) bond motifs is 1. The zero-order chi connectivity index (χ0) is 29.7. The number of benzene rings is 2. The molecular formula is C33H32FN5O3. The number of nitrogens with one attached hydrogen (secondary N) is 3. The maximum atomic E-state index is 13.7. The normalized spacial score (nSPS) is 12.1. The predicted molar refractivity (Wildman–Crippen MR) is 161 cm³/mol. The van der Waals surface area contributed by atoms with Gasteiger partial charge in [-0.2, -0.15) is 0 Å². The first-order valence-corrected chi connectivity index (χ1v) is 13.7. The minimum Gasteiger partial charge on any atom is -0.444 e. The molecular weight excluding hydrogens is 533 g/mol. The van der Waals surface area contributed by atoms with Crippen molar-refractivity contribution in [1.29, 1.82) is 0 Å². The first-order chi connectivity index (χ1) is 20.2. The molecule has 0 radical (unpaired) electrons. The average molecular weight is 566 g/mol. The average Bonchev–Trinajstić information content (AvgIpc) is 3.34. The van der Waals surface area contributed by atoms with E-state index < -0.39 is 23.6 Å². The Morgan fingerprint density at radius 2 is 1.64 bits per heavy atom. The lowest BCUT2D eigenvalue weighted by Gasteiger charge is -2.23. The van der Waals surface area contributed by atoms with Crippen LogP contribution in [0.3, 0.4) is 0 Å². The number of anilines is 1. The number of hydrogen-bond acceptors (Lipinski definition) is 5. The van der Waals surface area contributed by atoms with Crippen molar-refractivity contribution in [3.05, 3.63) is 103 Å². The lowest BCUT2D eigenvalue weighted by atomic mass is 10.00. The van der Waals surface area contributed by atoms with Crippen molar-refractivity contribution < 1.29 is 18.7 Å². The highest BCUT2D eigenvalue weighted by atomic mass is 19.1. The summed E-state index contributed by atoms with van der Waals surface area (Å²) in [7, 11) is 0. The number of alkyl carbamates (subject to hydrolysis) is 1. The molecule has 0 spiro atoms. The van der Waals surface area contributed by atoms with E-state index in [0.717, 1.165) is 33.3 Å². The molecule has 0 saturated heterocycles. The van der Waals surface area contributed by atoms with Crippen LogP contribution < -0.4 is 10.6 Å². The Hall–Kier alpha value is -5.05. The van der Waals surface area contributed by atoms with Crippen molar-refractivity contribution in [3.63, 3.8) is 0 Å². The van der Waals surface area contributed by atoms with Gasteiger partial charge in [-0.05, 0) is 98.8 Å². The van der Waals surface area contributed by atoms with Gasteiger partial charge in [0.2, 0.25) is 5.91 Å². The van der Waals surface area contributed by atoms with E-state index in [0.29, 0.717) is 24.3 Å². The summed E-state index contributed by atoms with van der Waals surface area (Å²) in [6.45, 7) is 5.30. The molecule has 8 nitrogen and oxygen atoms in total. The Labute approximate surface area is 243 Å². The number of aromatic amines is 1. The summed E-state index contributed by atoms with van der Waals surface area (Å²) in [6, 6.07) is 22.5. The van der Waals surface area contributed by atoms with Gasteiger partial charge in [0.1, 0.15) is 28.9 Å². The van der Waals surface area contributed by atoms with Gasteiger partial charge in [0.15, 0.2) is 0 Å². The summed E-state index contributed by atoms with van der Waals surface area (Å²) in [5.74, 6) is -0.426. The van der Waals surface area contributed by atoms with Gasteiger partial charge in [0.05, 0.1) is 5.69 Å². The predicted octanol–water partition coefficient (Wildman–Crippen LogP) is 6.90. The molecule has 0 aliphatic heterocycles. The number of carbonyl (C=O) groups excluding carboxylic acids is 2. The third kappa shape index (κ3) is 6.98. The third-order valence-electron chi connectivity index (χ3n) is 6.58. The number of H-pyrrole nitrogens is 1. The van der Waals surface area contributed by atoms with Gasteiger partial charge >= 0.3 is 6.09 Å². The number of amides is 2. The summed E-state index contributed by atoms with van der Waals surface area (Å²) in [4.78, 5) is 38.2. The summed E-state index contributed by atoms with van der Waals surface area (Å²) in [5.41, 5.74) is 4.23. The zero-order valence-electron chi connectivity index (χ0n) is 23.6. The quantitative estimate of drug-likeness (QED) is 0.190. The fourth-order valence-corrected chi connectivity index (χ4v) is 4.68. The van der Waals surface area contributed by atoms with Crippen molar-refractivity contribution in [2.24, 2.45) is 0 Å². The van der Waals surface area contributed by atoms with E-state index in [1.54, 1.807) is 51.4 Å². The molecule has 3 N–H and O–H groups in total. The molecule has 3 aromatic heterocycles. The van der Waals surface area contributed by atoms with Crippen LogP contribution in [-0.2, 0) is 16.0 Å². The summed E-state index contributed by atoms with van der Waals surface area (Å²) < 4.78 is 19.1. The van der Waals surface area contributed by atoms with Crippen LogP contribution in [0.25, 0.3) is 33.4 Å². The Balaban J connectivity index is 1.43. The highest BCUT2D eigenvalue weighted by Crippen LogP contribution is 2.38. The summed E-state index contributed by atoms with van der Waals surface area (Å²) >= 11 is 0. The molecule has 1 atom stereocenters. The monoisotopic (exact) mass is 565 g/mol. The highest BCUT2D eigenvalue weighted by molar-refractivity contribution is 6.03. The lowest BCUT2D eigenvalue weighted by molar-refractivity contribution is -0.118. The number of aryl methyl sites for hydroxylation is 1. The molecule has 1 unspecified atom stereocenters. The molecule has 0 saturated carbocycles. The standard InChI is InChI=1S/C33H32FN5O3/c1-33(2,3)42-32(41)36-26(15-9-21-7-5-4-6-8-21)31(40)38-27-16-14-25-28(22-17-19-35-20-18-22)29(39-30(25)37-27)23-10-12-24(34)13-11-23/h4-8,10-14,16-20,26H,9,15H2,1-3H3,(H,36,41)(H2,37,38,39,40). The van der Waals surface area contributed by atoms with Crippen LogP contribution >= 0.6 is 0 Å². The molecule has 0 aliphatic carbocycles. The van der Waals surface area contributed by atoms with Crippen LogP contribution in [0.4, 0.5) is 15.0 Å². The molecule has 42 heavy (non-hydrogen) atoms. The smallest absolute Gasteiger partial charge is 0.408 e. The molecule has 5 aromatic rings. The molecule has 0 bridgehead atoms. The second kappa shape index (κ2) is 12.2. The molecule has 2 amide bonds. The molecule has 0 aliphatic rings. The van der Waals surface area contributed by atoms with Crippen molar-refractivity contribution in [1.82, 2.24) is 20.3 Å². The van der Waals surface area contributed by atoms with Gasteiger partial charge in [0, 0.05) is 23.3 Å². The van der Waals surface area contributed by atoms with E-state index in [4.69, 9.17) is 4.74 Å². The van der Waals surface area contributed by atoms with Gasteiger partial charge in [-0.25, -0.2) is 14.2 Å². The zero-order valence-corrected chi connectivity index (χ0v) is 23.6. The second-order valence-corrected chi connectivity index (χ2v) is 10.9. The largest absolute Gasteiger partial charge is 0.444 e. The molecule has 0 fully saturated rings. The van der Waals surface area contributed by atoms with E-state index >= 15 is 0 Å². The number of pyridine rings is 2. The highest BCUT2D eigenvalue weighted by Gasteiger charge is 2.25. The van der Waals surface area contributed by atoms with E-state index in [9.17, 15) is 14.0 Å². The minimum atomic E-state index is -0.858. The Bertz CT molecular complexity index is 1680. The van der Waals surface area contributed by atoms with Gasteiger partial charge < -0.3 is 20.4 Å². The summed E-state index contributed by atoms with van der Waals surface area (Å²) in [5, 5.41) is 6.40. The van der Waals surface area contributed by atoms with E-state index in [1.165, 1.54) is 12.1 Å². The minimum absolute atomic E-state index is 0.316. The fourth-order valence-electron chi connectivity index (χ4n) is 4.68. The molecule has 214 valence electrons. The van der Waals surface area contributed by atoms with E-state index in [-0.39, 0.29) is 5.82 Å².